The molecule has 2 aliphatic carbocycles. The van der Waals surface area contributed by atoms with Crippen LogP contribution < -0.4 is 4.74 Å². The van der Waals surface area contributed by atoms with Gasteiger partial charge in [-0.05, 0) is 63.7 Å². The maximum Gasteiger partial charge on any atom is 0.377 e. The highest BCUT2D eigenvalue weighted by Gasteiger charge is 2.70. The molecule has 0 radical (unpaired) electrons. The zero-order valence-corrected chi connectivity index (χ0v) is 19.0. The lowest BCUT2D eigenvalue weighted by Crippen LogP contribution is -2.46. The Kier molecular flexibility index (Phi) is 5.19. The van der Waals surface area contributed by atoms with Gasteiger partial charge in [-0.15, -0.1) is 0 Å². The van der Waals surface area contributed by atoms with Gasteiger partial charge in [-0.1, -0.05) is 0 Å². The second-order valence-electron chi connectivity index (χ2n) is 7.43. The number of phenols is 1. The number of benzene rings is 1. The predicted octanol–water partition coefficient (Wildman–Crippen LogP) is 2.88. The number of carbonyl (C=O) groups excluding carboxylic acids is 3. The Labute approximate surface area is 190 Å². The van der Waals surface area contributed by atoms with Gasteiger partial charge in [0, 0.05) is 18.8 Å². The highest BCUT2D eigenvalue weighted by Crippen LogP contribution is 2.59. The van der Waals surface area contributed by atoms with E-state index in [-0.39, 0.29) is 17.4 Å². The van der Waals surface area contributed by atoms with Gasteiger partial charge >= 0.3 is 23.8 Å². The van der Waals surface area contributed by atoms with Crippen molar-refractivity contribution in [2.75, 3.05) is 0 Å². The molecule has 156 valence electrons. The third-order valence-electron chi connectivity index (χ3n) is 5.63. The number of aromatic hydroxyl groups is 1. The molecule has 2 saturated carbocycles. The molecule has 0 spiro atoms. The van der Waals surface area contributed by atoms with E-state index in [1.54, 1.807) is 0 Å². The van der Waals surface area contributed by atoms with E-state index in [0.717, 1.165) is 0 Å². The summed E-state index contributed by atoms with van der Waals surface area (Å²) in [5, 5.41) is 9.74. The van der Waals surface area contributed by atoms with Gasteiger partial charge in [0.2, 0.25) is 0 Å². The third-order valence-corrected chi connectivity index (χ3v) is 7.34. The Morgan fingerprint density at radius 3 is 2.59 bits per heavy atom. The molecule has 6 atom stereocenters. The quantitative estimate of drug-likeness (QED) is 0.309. The normalized spacial score (nSPS) is 32.2. The average Bonchev–Trinajstić information content (AvgIpc) is 3.22. The van der Waals surface area contributed by atoms with Crippen molar-refractivity contribution in [1.82, 2.24) is 0 Å². The second kappa shape index (κ2) is 7.17. The van der Waals surface area contributed by atoms with Crippen molar-refractivity contribution in [1.29, 1.82) is 0 Å². The second-order valence-corrected chi connectivity index (χ2v) is 9.75. The predicted molar refractivity (Wildman–Crippen MR) is 108 cm³/mol. The molecule has 29 heavy (non-hydrogen) atoms. The average molecular weight is 634 g/mol. The molecule has 3 aliphatic rings. The molecule has 1 N–H and O–H groups in total. The molecule has 4 rings (SSSR count). The number of rotatable bonds is 4. The fraction of sp³-hybridized carbons (Fsp3) is 0.500. The van der Waals surface area contributed by atoms with E-state index < -0.39 is 53.8 Å². The van der Waals surface area contributed by atoms with E-state index in [4.69, 9.17) is 14.2 Å². The maximum absolute atomic E-state index is 13.3. The molecule has 1 heterocycles. The van der Waals surface area contributed by atoms with Gasteiger partial charge in [-0.3, -0.25) is 9.59 Å². The van der Waals surface area contributed by atoms with Crippen LogP contribution in [0.1, 0.15) is 13.3 Å². The zero-order chi connectivity index (χ0) is 21.2. The van der Waals surface area contributed by atoms with Crippen LogP contribution in [-0.4, -0.2) is 41.1 Å². The summed E-state index contributed by atoms with van der Waals surface area (Å²) >= 11 is 3.77. The van der Waals surface area contributed by atoms with E-state index in [1.807, 2.05) is 45.2 Å². The Morgan fingerprint density at radius 1 is 1.24 bits per heavy atom. The van der Waals surface area contributed by atoms with Gasteiger partial charge in [-0.25, -0.2) is 4.79 Å². The third kappa shape index (κ3) is 3.47. The van der Waals surface area contributed by atoms with Gasteiger partial charge in [0.1, 0.15) is 23.7 Å². The zero-order valence-electron chi connectivity index (χ0n) is 14.7. The summed E-state index contributed by atoms with van der Waals surface area (Å²) in [6.07, 6.45) is -1.58. The number of ether oxygens (including phenoxy) is 3. The first-order valence-electron chi connectivity index (χ1n) is 8.68. The van der Waals surface area contributed by atoms with Crippen molar-refractivity contribution in [3.8, 4) is 11.5 Å². The smallest absolute Gasteiger partial charge is 0.377 e. The van der Waals surface area contributed by atoms with Crippen molar-refractivity contribution in [2.45, 2.75) is 31.5 Å². The molecule has 1 aliphatic heterocycles. The van der Waals surface area contributed by atoms with Crippen LogP contribution in [0.3, 0.4) is 0 Å². The van der Waals surface area contributed by atoms with Gasteiger partial charge in [0.15, 0.2) is 0 Å². The molecule has 1 saturated heterocycles. The minimum Gasteiger partial charge on any atom is -0.507 e. The molecular weight excluding hydrogens is 620 g/mol. The molecule has 11 heteroatoms. The first-order chi connectivity index (χ1) is 13.5. The molecule has 2 bridgehead atoms. The van der Waals surface area contributed by atoms with Crippen molar-refractivity contribution in [2.24, 2.45) is 23.7 Å². The number of carbonyl (C=O) groups is 3. The molecule has 6 unspecified atom stereocenters. The lowest BCUT2D eigenvalue weighted by molar-refractivity contribution is -0.185. The standard InChI is InChI=1S/C18H14F2I2O7/c1-18(19,20)17(26)29-14-6-2-5-12(16(25)28-13(5)14)11(6)15(24)27-10-4-7(21)9(23)3-8(10)22/h3-6,11-14,23H,2H2,1H3. The van der Waals surface area contributed by atoms with Crippen LogP contribution in [0.25, 0.3) is 0 Å². The van der Waals surface area contributed by atoms with Gasteiger partial charge in [0.25, 0.3) is 0 Å². The van der Waals surface area contributed by atoms with Crippen LogP contribution in [0.2, 0.25) is 0 Å². The minimum absolute atomic E-state index is 0.0319. The van der Waals surface area contributed by atoms with Gasteiger partial charge in [-0.2, -0.15) is 8.78 Å². The monoisotopic (exact) mass is 634 g/mol. The fourth-order valence-corrected chi connectivity index (χ4v) is 5.47. The first-order valence-corrected chi connectivity index (χ1v) is 10.8. The van der Waals surface area contributed by atoms with Crippen molar-refractivity contribution in [3.63, 3.8) is 0 Å². The van der Waals surface area contributed by atoms with Gasteiger partial charge in [0.05, 0.1) is 19.0 Å². The summed E-state index contributed by atoms with van der Waals surface area (Å²) in [5.41, 5.74) is 0. The van der Waals surface area contributed by atoms with E-state index in [2.05, 4.69) is 0 Å². The molecule has 1 aromatic rings. The highest BCUT2D eigenvalue weighted by atomic mass is 127. The summed E-state index contributed by atoms with van der Waals surface area (Å²) < 4.78 is 43.2. The lowest BCUT2D eigenvalue weighted by atomic mass is 9.78. The summed E-state index contributed by atoms with van der Waals surface area (Å²) in [6, 6.07) is 2.91. The molecular formula is C18H14F2I2O7. The summed E-state index contributed by atoms with van der Waals surface area (Å²) in [4.78, 5) is 36.9. The van der Waals surface area contributed by atoms with E-state index in [9.17, 15) is 28.3 Å². The largest absolute Gasteiger partial charge is 0.507 e. The molecule has 3 fully saturated rings. The van der Waals surface area contributed by atoms with Crippen LogP contribution in [-0.2, 0) is 23.9 Å². The van der Waals surface area contributed by atoms with Crippen molar-refractivity contribution in [3.05, 3.63) is 19.3 Å². The van der Waals surface area contributed by atoms with E-state index in [1.165, 1.54) is 12.1 Å². The summed E-state index contributed by atoms with van der Waals surface area (Å²) in [5.74, 6) is -9.24. The number of halogens is 4. The van der Waals surface area contributed by atoms with Crippen molar-refractivity contribution >= 4 is 63.1 Å². The lowest BCUT2D eigenvalue weighted by Gasteiger charge is -2.30. The number of hydrogen-bond donors (Lipinski definition) is 1. The SMILES string of the molecule is CC(F)(F)C(=O)OC1C2CC3C1OC(=O)C3C2C(=O)Oc1cc(I)c(O)cc1I. The maximum atomic E-state index is 13.3. The molecule has 7 nitrogen and oxygen atoms in total. The number of hydrogen-bond acceptors (Lipinski definition) is 7. The van der Waals surface area contributed by atoms with Crippen LogP contribution in [0.4, 0.5) is 8.78 Å². The van der Waals surface area contributed by atoms with Gasteiger partial charge < -0.3 is 19.3 Å². The number of alkyl halides is 2. The van der Waals surface area contributed by atoms with Crippen LogP contribution in [0, 0.1) is 30.8 Å². The number of esters is 3. The summed E-state index contributed by atoms with van der Waals surface area (Å²) in [6.45, 7) is 0.423. The molecule has 1 aromatic carbocycles. The van der Waals surface area contributed by atoms with Crippen LogP contribution in [0.15, 0.2) is 12.1 Å². The number of phenolic OH excluding ortho intramolecular Hbond substituents is 1. The molecule has 0 amide bonds. The Bertz CT molecular complexity index is 916. The van der Waals surface area contributed by atoms with Crippen LogP contribution >= 0.6 is 45.2 Å². The Balaban J connectivity index is 1.59. The highest BCUT2D eigenvalue weighted by molar-refractivity contribution is 14.1. The first kappa shape index (κ1) is 21.0. The summed E-state index contributed by atoms with van der Waals surface area (Å²) in [7, 11) is 0. The number of fused-ring (bicyclic) bond motifs is 1. The molecule has 0 aromatic heterocycles. The fourth-order valence-electron chi connectivity index (χ4n) is 4.47. The van der Waals surface area contributed by atoms with E-state index in [0.29, 0.717) is 20.5 Å². The van der Waals surface area contributed by atoms with E-state index >= 15 is 0 Å². The Hall–Kier alpha value is -1.25. The topological polar surface area (TPSA) is 99.1 Å². The van der Waals surface area contributed by atoms with Crippen molar-refractivity contribution < 1.29 is 42.5 Å². The Morgan fingerprint density at radius 2 is 1.93 bits per heavy atom. The minimum atomic E-state index is -3.70. The van der Waals surface area contributed by atoms with Crippen LogP contribution in [0.5, 0.6) is 11.5 Å².